The van der Waals surface area contributed by atoms with Crippen LogP contribution in [-0.4, -0.2) is 29.0 Å². The molecular weight excluding hydrogens is 290 g/mol. The Balaban J connectivity index is 1.47. The third-order valence-corrected chi connectivity index (χ3v) is 4.40. The average molecular weight is 313 g/mol. The summed E-state index contributed by atoms with van der Waals surface area (Å²) in [4.78, 5) is 18.4. The van der Waals surface area contributed by atoms with Crippen molar-refractivity contribution in [3.05, 3.63) is 53.2 Å². The van der Waals surface area contributed by atoms with Crippen LogP contribution in [0.4, 0.5) is 4.79 Å². The first kappa shape index (κ1) is 15.6. The van der Waals surface area contributed by atoms with E-state index < -0.39 is 0 Å². The Morgan fingerprint density at radius 1 is 1.35 bits per heavy atom. The minimum absolute atomic E-state index is 0.0333. The summed E-state index contributed by atoms with van der Waals surface area (Å²) in [7, 11) is 0. The average Bonchev–Trinajstić information content (AvgIpc) is 3.13. The molecule has 2 heterocycles. The highest BCUT2D eigenvalue weighted by Crippen LogP contribution is 2.20. The number of likely N-dealkylation sites (tertiary alicyclic amines) is 1. The van der Waals surface area contributed by atoms with Gasteiger partial charge in [-0.05, 0) is 38.2 Å². The first-order valence-corrected chi connectivity index (χ1v) is 8.11. The molecule has 0 saturated carbocycles. The van der Waals surface area contributed by atoms with Crippen molar-refractivity contribution in [2.45, 2.75) is 33.2 Å². The molecule has 23 heavy (non-hydrogen) atoms. The molecule has 0 unspecified atom stereocenters. The normalized spacial score (nSPS) is 17.5. The minimum Gasteiger partial charge on any atom is -0.444 e. The molecule has 1 N–H and O–H groups in total. The van der Waals surface area contributed by atoms with E-state index in [4.69, 9.17) is 4.42 Å². The minimum atomic E-state index is -0.0333. The van der Waals surface area contributed by atoms with Crippen LogP contribution in [0.2, 0.25) is 0 Å². The van der Waals surface area contributed by atoms with E-state index in [9.17, 15) is 4.79 Å². The Morgan fingerprint density at radius 3 is 2.83 bits per heavy atom. The second-order valence-corrected chi connectivity index (χ2v) is 6.20. The second kappa shape index (κ2) is 6.86. The molecule has 2 amide bonds. The number of carbonyl (C=O) groups excluding carboxylic acids is 1. The molecule has 1 aromatic carbocycles. The summed E-state index contributed by atoms with van der Waals surface area (Å²) in [6, 6.07) is 10.4. The lowest BCUT2D eigenvalue weighted by Crippen LogP contribution is -2.38. The highest BCUT2D eigenvalue weighted by Gasteiger charge is 2.26. The summed E-state index contributed by atoms with van der Waals surface area (Å²) >= 11 is 0. The van der Waals surface area contributed by atoms with Gasteiger partial charge >= 0.3 is 6.03 Å². The van der Waals surface area contributed by atoms with E-state index in [2.05, 4.69) is 34.6 Å². The predicted octanol–water partition coefficient (Wildman–Crippen LogP) is 3.07. The van der Waals surface area contributed by atoms with E-state index in [1.165, 1.54) is 5.56 Å². The maximum absolute atomic E-state index is 12.3. The van der Waals surface area contributed by atoms with Crippen LogP contribution in [-0.2, 0) is 13.0 Å². The molecule has 0 aliphatic carbocycles. The van der Waals surface area contributed by atoms with Crippen molar-refractivity contribution in [1.82, 2.24) is 15.2 Å². The van der Waals surface area contributed by atoms with Crippen molar-refractivity contribution < 1.29 is 9.21 Å². The largest absolute Gasteiger partial charge is 0.444 e. The summed E-state index contributed by atoms with van der Waals surface area (Å²) in [5.41, 5.74) is 2.21. The maximum atomic E-state index is 12.3. The van der Waals surface area contributed by atoms with Gasteiger partial charge in [0.05, 0.1) is 12.2 Å². The number of amides is 2. The fraction of sp³-hybridized carbons (Fsp3) is 0.444. The number of nitrogens with zero attached hydrogens (tertiary/aromatic N) is 2. The molecule has 1 atom stereocenters. The number of hydrogen-bond donors (Lipinski definition) is 1. The van der Waals surface area contributed by atoms with Crippen molar-refractivity contribution >= 4 is 6.03 Å². The van der Waals surface area contributed by atoms with Crippen LogP contribution in [0.15, 0.2) is 34.7 Å². The molecule has 5 heteroatoms. The molecule has 1 aromatic heterocycles. The zero-order valence-electron chi connectivity index (χ0n) is 13.7. The van der Waals surface area contributed by atoms with E-state index in [-0.39, 0.29) is 6.03 Å². The van der Waals surface area contributed by atoms with Crippen LogP contribution >= 0.6 is 0 Å². The fourth-order valence-electron chi connectivity index (χ4n) is 3.01. The van der Waals surface area contributed by atoms with Crippen LogP contribution in [0.5, 0.6) is 0 Å². The molecule has 5 nitrogen and oxygen atoms in total. The van der Waals surface area contributed by atoms with Gasteiger partial charge in [-0.25, -0.2) is 9.78 Å². The first-order valence-electron chi connectivity index (χ1n) is 8.11. The van der Waals surface area contributed by atoms with Gasteiger partial charge in [0.15, 0.2) is 0 Å². The van der Waals surface area contributed by atoms with Gasteiger partial charge in [0.2, 0.25) is 5.89 Å². The number of aryl methyl sites for hydroxylation is 2. The number of aromatic nitrogens is 1. The van der Waals surface area contributed by atoms with Crippen molar-refractivity contribution in [1.29, 1.82) is 0 Å². The molecule has 122 valence electrons. The fourth-order valence-corrected chi connectivity index (χ4v) is 3.01. The smallest absolute Gasteiger partial charge is 0.317 e. The highest BCUT2D eigenvalue weighted by molar-refractivity contribution is 5.74. The predicted molar refractivity (Wildman–Crippen MR) is 88.0 cm³/mol. The van der Waals surface area contributed by atoms with Gasteiger partial charge in [-0.15, -0.1) is 0 Å². The van der Waals surface area contributed by atoms with Crippen LogP contribution in [0.25, 0.3) is 0 Å². The van der Waals surface area contributed by atoms with E-state index >= 15 is 0 Å². The van der Waals surface area contributed by atoms with Gasteiger partial charge in [-0.3, -0.25) is 0 Å². The first-order chi connectivity index (χ1) is 11.1. The van der Waals surface area contributed by atoms with Crippen LogP contribution in [0, 0.1) is 19.8 Å². The summed E-state index contributed by atoms with van der Waals surface area (Å²) in [6.45, 7) is 5.74. The molecule has 3 rings (SSSR count). The van der Waals surface area contributed by atoms with Crippen molar-refractivity contribution in [2.75, 3.05) is 13.1 Å². The van der Waals surface area contributed by atoms with Crippen LogP contribution in [0.1, 0.15) is 29.3 Å². The number of rotatable bonds is 4. The lowest BCUT2D eigenvalue weighted by molar-refractivity contribution is 0.205. The number of urea groups is 1. The topological polar surface area (TPSA) is 58.4 Å². The summed E-state index contributed by atoms with van der Waals surface area (Å²) < 4.78 is 5.48. The third kappa shape index (κ3) is 3.92. The second-order valence-electron chi connectivity index (χ2n) is 6.20. The van der Waals surface area contributed by atoms with Gasteiger partial charge in [0, 0.05) is 13.1 Å². The lowest BCUT2D eigenvalue weighted by Gasteiger charge is -2.17. The quantitative estimate of drug-likeness (QED) is 0.943. The SMILES string of the molecule is Cc1nc(CNC(=O)N2CC[C@@H](Cc3ccccc3)C2)oc1C. The molecule has 2 aromatic rings. The van der Waals surface area contributed by atoms with Crippen LogP contribution in [0.3, 0.4) is 0 Å². The molecule has 0 radical (unpaired) electrons. The van der Waals surface area contributed by atoms with E-state index in [0.717, 1.165) is 37.4 Å². The van der Waals surface area contributed by atoms with Gasteiger partial charge in [0.1, 0.15) is 5.76 Å². The standard InChI is InChI=1S/C18H23N3O2/c1-13-14(2)23-17(20-13)11-19-18(22)21-9-8-16(12-21)10-15-6-4-3-5-7-15/h3-7,16H,8-12H2,1-2H3,(H,19,22)/t16-/m0/s1. The van der Waals surface area contributed by atoms with Crippen molar-refractivity contribution in [3.63, 3.8) is 0 Å². The van der Waals surface area contributed by atoms with E-state index in [1.54, 1.807) is 0 Å². The molecule has 1 aliphatic rings. The molecular formula is C18H23N3O2. The summed E-state index contributed by atoms with van der Waals surface area (Å²) in [5.74, 6) is 1.90. The summed E-state index contributed by atoms with van der Waals surface area (Å²) in [6.07, 6.45) is 2.09. The lowest BCUT2D eigenvalue weighted by atomic mass is 9.99. The Morgan fingerprint density at radius 2 is 2.13 bits per heavy atom. The van der Waals surface area contributed by atoms with Crippen LogP contribution < -0.4 is 5.32 Å². The van der Waals surface area contributed by atoms with Gasteiger partial charge in [0.25, 0.3) is 0 Å². The molecule has 0 spiro atoms. The number of oxazole rings is 1. The molecule has 1 aliphatic heterocycles. The monoisotopic (exact) mass is 313 g/mol. The third-order valence-electron chi connectivity index (χ3n) is 4.40. The number of hydrogen-bond acceptors (Lipinski definition) is 3. The van der Waals surface area contributed by atoms with E-state index in [0.29, 0.717) is 18.4 Å². The number of nitrogens with one attached hydrogen (secondary N) is 1. The van der Waals surface area contributed by atoms with E-state index in [1.807, 2.05) is 24.8 Å². The van der Waals surface area contributed by atoms with Gasteiger partial charge < -0.3 is 14.6 Å². The van der Waals surface area contributed by atoms with Crippen molar-refractivity contribution in [3.8, 4) is 0 Å². The van der Waals surface area contributed by atoms with Gasteiger partial charge in [-0.2, -0.15) is 0 Å². The molecule has 1 fully saturated rings. The Bertz CT molecular complexity index is 647. The summed E-state index contributed by atoms with van der Waals surface area (Å²) in [5, 5.41) is 2.90. The Hall–Kier alpha value is -2.30. The Kier molecular flexibility index (Phi) is 4.65. The van der Waals surface area contributed by atoms with Crippen molar-refractivity contribution in [2.24, 2.45) is 5.92 Å². The number of carbonyl (C=O) groups is 1. The zero-order valence-corrected chi connectivity index (χ0v) is 13.7. The Labute approximate surface area is 136 Å². The molecule has 0 bridgehead atoms. The maximum Gasteiger partial charge on any atom is 0.317 e. The highest BCUT2D eigenvalue weighted by atomic mass is 16.4. The molecule has 1 saturated heterocycles. The zero-order chi connectivity index (χ0) is 16.2. The number of benzene rings is 1. The van der Waals surface area contributed by atoms with Gasteiger partial charge in [-0.1, -0.05) is 30.3 Å².